The third-order valence-corrected chi connectivity index (χ3v) is 2.73. The SMILES string of the molecule is Cl.O[C@@H]1CCCN(Cc2ccccc2)C1. The molecule has 0 unspecified atom stereocenters. The van der Waals surface area contributed by atoms with Crippen molar-refractivity contribution in [3.8, 4) is 0 Å². The zero-order valence-electron chi connectivity index (χ0n) is 8.80. The molecular formula is C12H18ClNO. The van der Waals surface area contributed by atoms with Crippen molar-refractivity contribution in [1.29, 1.82) is 0 Å². The molecule has 15 heavy (non-hydrogen) atoms. The van der Waals surface area contributed by atoms with E-state index in [2.05, 4.69) is 29.2 Å². The van der Waals surface area contributed by atoms with Crippen molar-refractivity contribution in [2.75, 3.05) is 13.1 Å². The van der Waals surface area contributed by atoms with Gasteiger partial charge in [0, 0.05) is 13.1 Å². The number of rotatable bonds is 2. The first-order valence-corrected chi connectivity index (χ1v) is 5.29. The molecule has 2 rings (SSSR count). The number of likely N-dealkylation sites (tertiary alicyclic amines) is 1. The van der Waals surface area contributed by atoms with E-state index in [1.165, 1.54) is 5.56 Å². The fourth-order valence-corrected chi connectivity index (χ4v) is 2.02. The van der Waals surface area contributed by atoms with Crippen molar-refractivity contribution in [1.82, 2.24) is 4.90 Å². The van der Waals surface area contributed by atoms with Crippen LogP contribution in [0, 0.1) is 0 Å². The first-order valence-electron chi connectivity index (χ1n) is 5.29. The monoisotopic (exact) mass is 227 g/mol. The smallest absolute Gasteiger partial charge is 0.0667 e. The van der Waals surface area contributed by atoms with Gasteiger partial charge < -0.3 is 5.11 Å². The minimum absolute atomic E-state index is 0. The Balaban J connectivity index is 0.00000112. The molecule has 1 fully saturated rings. The van der Waals surface area contributed by atoms with Gasteiger partial charge in [-0.3, -0.25) is 4.90 Å². The van der Waals surface area contributed by atoms with Crippen LogP contribution in [-0.2, 0) is 6.54 Å². The van der Waals surface area contributed by atoms with Crippen molar-refractivity contribution in [3.05, 3.63) is 35.9 Å². The van der Waals surface area contributed by atoms with E-state index in [-0.39, 0.29) is 18.5 Å². The van der Waals surface area contributed by atoms with Crippen LogP contribution < -0.4 is 0 Å². The molecule has 1 aliphatic heterocycles. The zero-order valence-corrected chi connectivity index (χ0v) is 9.62. The lowest BCUT2D eigenvalue weighted by atomic mass is 10.1. The summed E-state index contributed by atoms with van der Waals surface area (Å²) in [5.74, 6) is 0. The third kappa shape index (κ3) is 3.82. The standard InChI is InChI=1S/C12H17NO.ClH/c14-12-7-4-8-13(10-12)9-11-5-2-1-3-6-11;/h1-3,5-6,12,14H,4,7-10H2;1H/t12-;/m1./s1. The lowest BCUT2D eigenvalue weighted by Crippen LogP contribution is -2.37. The van der Waals surface area contributed by atoms with Gasteiger partial charge in [-0.2, -0.15) is 0 Å². The number of hydrogen-bond donors (Lipinski definition) is 1. The van der Waals surface area contributed by atoms with Crippen LogP contribution in [0.15, 0.2) is 30.3 Å². The molecule has 1 atom stereocenters. The molecule has 0 amide bonds. The second-order valence-electron chi connectivity index (χ2n) is 4.02. The van der Waals surface area contributed by atoms with Gasteiger partial charge in [-0.15, -0.1) is 12.4 Å². The maximum atomic E-state index is 9.52. The predicted molar refractivity (Wildman–Crippen MR) is 64.2 cm³/mol. The van der Waals surface area contributed by atoms with Crippen LogP contribution in [0.1, 0.15) is 18.4 Å². The molecule has 3 heteroatoms. The molecule has 84 valence electrons. The molecule has 1 saturated heterocycles. The van der Waals surface area contributed by atoms with Crippen LogP contribution in [0.5, 0.6) is 0 Å². The maximum absolute atomic E-state index is 9.52. The molecule has 0 bridgehead atoms. The van der Waals surface area contributed by atoms with Crippen molar-refractivity contribution in [2.24, 2.45) is 0 Å². The Kier molecular flexibility index (Phi) is 5.09. The number of halogens is 1. The van der Waals surface area contributed by atoms with Gasteiger partial charge in [0.15, 0.2) is 0 Å². The van der Waals surface area contributed by atoms with Gasteiger partial charge >= 0.3 is 0 Å². The summed E-state index contributed by atoms with van der Waals surface area (Å²) >= 11 is 0. The van der Waals surface area contributed by atoms with Crippen LogP contribution in [0.2, 0.25) is 0 Å². The molecule has 1 N–H and O–H groups in total. The Bertz CT molecular complexity index is 278. The molecule has 0 saturated carbocycles. The molecule has 1 aromatic carbocycles. The van der Waals surface area contributed by atoms with Crippen molar-refractivity contribution in [2.45, 2.75) is 25.5 Å². The number of aliphatic hydroxyl groups is 1. The summed E-state index contributed by atoms with van der Waals surface area (Å²) in [4.78, 5) is 2.32. The van der Waals surface area contributed by atoms with Gasteiger partial charge in [0.2, 0.25) is 0 Å². The summed E-state index contributed by atoms with van der Waals surface area (Å²) in [6.45, 7) is 2.92. The maximum Gasteiger partial charge on any atom is 0.0667 e. The van der Waals surface area contributed by atoms with Gasteiger partial charge in [0.25, 0.3) is 0 Å². The molecule has 2 nitrogen and oxygen atoms in total. The Morgan fingerprint density at radius 3 is 2.67 bits per heavy atom. The highest BCUT2D eigenvalue weighted by Crippen LogP contribution is 2.13. The van der Waals surface area contributed by atoms with E-state index in [4.69, 9.17) is 0 Å². The summed E-state index contributed by atoms with van der Waals surface area (Å²) in [6.07, 6.45) is 1.96. The van der Waals surface area contributed by atoms with Gasteiger partial charge in [0.1, 0.15) is 0 Å². The molecular weight excluding hydrogens is 210 g/mol. The Labute approximate surface area is 97.3 Å². The summed E-state index contributed by atoms with van der Waals surface area (Å²) < 4.78 is 0. The lowest BCUT2D eigenvalue weighted by molar-refractivity contribution is 0.0668. The van der Waals surface area contributed by atoms with Crippen LogP contribution in [0.3, 0.4) is 0 Å². The zero-order chi connectivity index (χ0) is 9.80. The molecule has 0 aromatic heterocycles. The highest BCUT2D eigenvalue weighted by atomic mass is 35.5. The quantitative estimate of drug-likeness (QED) is 0.836. The van der Waals surface area contributed by atoms with Crippen LogP contribution >= 0.6 is 12.4 Å². The highest BCUT2D eigenvalue weighted by Gasteiger charge is 2.17. The summed E-state index contributed by atoms with van der Waals surface area (Å²) in [7, 11) is 0. The summed E-state index contributed by atoms with van der Waals surface area (Å²) in [6, 6.07) is 10.4. The van der Waals surface area contributed by atoms with E-state index in [0.717, 1.165) is 32.5 Å². The van der Waals surface area contributed by atoms with Crippen LogP contribution in [0.25, 0.3) is 0 Å². The molecule has 1 heterocycles. The van der Waals surface area contributed by atoms with Gasteiger partial charge in [0.05, 0.1) is 6.10 Å². The normalized spacial score (nSPS) is 22.1. The predicted octanol–water partition coefficient (Wildman–Crippen LogP) is 2.07. The number of piperidine rings is 1. The summed E-state index contributed by atoms with van der Waals surface area (Å²) in [5, 5.41) is 9.52. The third-order valence-electron chi connectivity index (χ3n) is 2.73. The first-order chi connectivity index (χ1) is 6.84. The average Bonchev–Trinajstić information content (AvgIpc) is 2.19. The Hall–Kier alpha value is -0.570. The van der Waals surface area contributed by atoms with E-state index in [0.29, 0.717) is 0 Å². The van der Waals surface area contributed by atoms with E-state index >= 15 is 0 Å². The topological polar surface area (TPSA) is 23.5 Å². The Morgan fingerprint density at radius 2 is 2.00 bits per heavy atom. The van der Waals surface area contributed by atoms with E-state index in [9.17, 15) is 5.11 Å². The van der Waals surface area contributed by atoms with E-state index in [1.807, 2.05) is 6.07 Å². The van der Waals surface area contributed by atoms with Crippen LogP contribution in [-0.4, -0.2) is 29.2 Å². The molecule has 1 aliphatic rings. The van der Waals surface area contributed by atoms with E-state index < -0.39 is 0 Å². The van der Waals surface area contributed by atoms with E-state index in [1.54, 1.807) is 0 Å². The highest BCUT2D eigenvalue weighted by molar-refractivity contribution is 5.85. The fraction of sp³-hybridized carbons (Fsp3) is 0.500. The van der Waals surface area contributed by atoms with Gasteiger partial charge in [-0.25, -0.2) is 0 Å². The Morgan fingerprint density at radius 1 is 1.27 bits per heavy atom. The van der Waals surface area contributed by atoms with Crippen molar-refractivity contribution < 1.29 is 5.11 Å². The number of benzene rings is 1. The van der Waals surface area contributed by atoms with Crippen molar-refractivity contribution >= 4 is 12.4 Å². The fourth-order valence-electron chi connectivity index (χ4n) is 2.02. The molecule has 0 radical (unpaired) electrons. The lowest BCUT2D eigenvalue weighted by Gasteiger charge is -2.29. The minimum atomic E-state index is -0.118. The number of aliphatic hydroxyl groups excluding tert-OH is 1. The van der Waals surface area contributed by atoms with Crippen LogP contribution in [0.4, 0.5) is 0 Å². The molecule has 0 spiro atoms. The number of β-amino-alcohol motifs (C(OH)–C–C–N with tert-alkyl or cyclic N) is 1. The summed E-state index contributed by atoms with van der Waals surface area (Å²) in [5.41, 5.74) is 1.33. The van der Waals surface area contributed by atoms with Crippen molar-refractivity contribution in [3.63, 3.8) is 0 Å². The second kappa shape index (κ2) is 6.11. The second-order valence-corrected chi connectivity index (χ2v) is 4.02. The van der Waals surface area contributed by atoms with Gasteiger partial charge in [-0.1, -0.05) is 30.3 Å². The minimum Gasteiger partial charge on any atom is -0.392 e. The first kappa shape index (κ1) is 12.5. The molecule has 0 aliphatic carbocycles. The molecule has 1 aromatic rings. The largest absolute Gasteiger partial charge is 0.392 e. The number of hydrogen-bond acceptors (Lipinski definition) is 2. The number of nitrogens with zero attached hydrogens (tertiary/aromatic N) is 1. The van der Waals surface area contributed by atoms with Gasteiger partial charge in [-0.05, 0) is 24.9 Å². The average molecular weight is 228 g/mol.